The summed E-state index contributed by atoms with van der Waals surface area (Å²) < 4.78 is 27.9. The third kappa shape index (κ3) is 9.11. The number of nitrogens with zero attached hydrogens (tertiary/aromatic N) is 2. The molecular weight excluding hydrogens is 533 g/mol. The van der Waals surface area contributed by atoms with Crippen LogP contribution in [0.3, 0.4) is 0 Å². The number of aliphatic imine (C=N–C) groups is 1. The third-order valence-corrected chi connectivity index (χ3v) is 5.13. The zero-order chi connectivity index (χ0) is 22.1. The van der Waals surface area contributed by atoms with Gasteiger partial charge in [-0.15, -0.1) is 24.0 Å². The largest absolute Gasteiger partial charge is 0.497 e. The molecule has 0 aliphatic heterocycles. The minimum absolute atomic E-state index is 0. The quantitative estimate of drug-likeness (QED) is 0.253. The van der Waals surface area contributed by atoms with Crippen LogP contribution in [0.5, 0.6) is 5.75 Å². The second kappa shape index (κ2) is 12.5. The van der Waals surface area contributed by atoms with Crippen molar-refractivity contribution < 1.29 is 17.9 Å². The molecule has 0 radical (unpaired) electrons. The number of benzene rings is 2. The standard InChI is InChI=1S/C20H27N5O4S.HI/c1-25(2)19(26)14-24-20(22-12-15-4-8-17(29-3)9-5-15)23-13-16-6-10-18(11-7-16)30(21,27)28;/h4-11H,12-14H2,1-3H3,(H2,21,27,28)(H2,22,23,24);1H. The van der Waals surface area contributed by atoms with Crippen molar-refractivity contribution in [2.45, 2.75) is 18.0 Å². The fourth-order valence-electron chi connectivity index (χ4n) is 2.38. The van der Waals surface area contributed by atoms with Crippen LogP contribution in [0.25, 0.3) is 0 Å². The van der Waals surface area contributed by atoms with Crippen LogP contribution in [0.4, 0.5) is 0 Å². The lowest BCUT2D eigenvalue weighted by Gasteiger charge is -2.15. The highest BCUT2D eigenvalue weighted by Gasteiger charge is 2.08. The fraction of sp³-hybridized carbons (Fsp3) is 0.300. The van der Waals surface area contributed by atoms with Crippen molar-refractivity contribution in [2.75, 3.05) is 27.7 Å². The topological polar surface area (TPSA) is 126 Å². The van der Waals surface area contributed by atoms with Crippen LogP contribution in [-0.4, -0.2) is 52.9 Å². The van der Waals surface area contributed by atoms with Crippen LogP contribution in [0.1, 0.15) is 11.1 Å². The Balaban J connectivity index is 0.00000480. The molecule has 0 aliphatic rings. The molecule has 2 aromatic rings. The lowest BCUT2D eigenvalue weighted by atomic mass is 10.2. The van der Waals surface area contributed by atoms with Gasteiger partial charge in [0.05, 0.1) is 25.1 Å². The number of amides is 1. The zero-order valence-electron chi connectivity index (χ0n) is 17.7. The van der Waals surface area contributed by atoms with Crippen molar-refractivity contribution >= 4 is 45.9 Å². The van der Waals surface area contributed by atoms with E-state index < -0.39 is 10.0 Å². The van der Waals surface area contributed by atoms with Crippen LogP contribution < -0.4 is 20.5 Å². The average molecular weight is 561 g/mol. The molecule has 11 heteroatoms. The molecule has 0 heterocycles. The normalized spacial score (nSPS) is 11.3. The van der Waals surface area contributed by atoms with E-state index in [-0.39, 0.29) is 41.3 Å². The number of nitrogens with one attached hydrogen (secondary N) is 2. The number of guanidine groups is 1. The number of primary sulfonamides is 1. The summed E-state index contributed by atoms with van der Waals surface area (Å²) in [6, 6.07) is 13.8. The Kier molecular flexibility index (Phi) is 10.7. The Morgan fingerprint density at radius 3 is 2.13 bits per heavy atom. The van der Waals surface area contributed by atoms with Gasteiger partial charge in [-0.1, -0.05) is 24.3 Å². The lowest BCUT2D eigenvalue weighted by molar-refractivity contribution is -0.127. The molecule has 9 nitrogen and oxygen atoms in total. The molecule has 0 saturated heterocycles. The summed E-state index contributed by atoms with van der Waals surface area (Å²) >= 11 is 0. The van der Waals surface area contributed by atoms with E-state index in [2.05, 4.69) is 15.6 Å². The van der Waals surface area contributed by atoms with Crippen LogP contribution in [0, 0.1) is 0 Å². The monoisotopic (exact) mass is 561 g/mol. The first-order valence-electron chi connectivity index (χ1n) is 9.16. The minimum atomic E-state index is -3.73. The predicted molar refractivity (Wildman–Crippen MR) is 131 cm³/mol. The number of carbonyl (C=O) groups is 1. The van der Waals surface area contributed by atoms with Crippen LogP contribution in [0.15, 0.2) is 58.4 Å². The van der Waals surface area contributed by atoms with Gasteiger partial charge in [-0.2, -0.15) is 0 Å². The maximum atomic E-state index is 11.9. The number of rotatable bonds is 8. The first-order valence-corrected chi connectivity index (χ1v) is 10.7. The van der Waals surface area contributed by atoms with Gasteiger partial charge in [-0.25, -0.2) is 18.5 Å². The maximum absolute atomic E-state index is 11.9. The number of hydrogen-bond acceptors (Lipinski definition) is 5. The highest BCUT2D eigenvalue weighted by Crippen LogP contribution is 2.12. The minimum Gasteiger partial charge on any atom is -0.497 e. The summed E-state index contributed by atoms with van der Waals surface area (Å²) in [4.78, 5) is 18.0. The summed E-state index contributed by atoms with van der Waals surface area (Å²) in [5, 5.41) is 11.3. The van der Waals surface area contributed by atoms with E-state index in [1.165, 1.54) is 17.0 Å². The molecule has 31 heavy (non-hydrogen) atoms. The van der Waals surface area contributed by atoms with Crippen molar-refractivity contribution in [3.05, 3.63) is 59.7 Å². The van der Waals surface area contributed by atoms with E-state index >= 15 is 0 Å². The molecule has 170 valence electrons. The Morgan fingerprint density at radius 2 is 1.61 bits per heavy atom. The van der Waals surface area contributed by atoms with E-state index in [1.807, 2.05) is 24.3 Å². The molecule has 4 N–H and O–H groups in total. The molecule has 0 fully saturated rings. The van der Waals surface area contributed by atoms with Gasteiger partial charge in [-0.3, -0.25) is 4.79 Å². The molecule has 1 amide bonds. The summed E-state index contributed by atoms with van der Waals surface area (Å²) in [7, 11) is 1.24. The van der Waals surface area contributed by atoms with Gasteiger partial charge in [0, 0.05) is 20.6 Å². The number of likely N-dealkylation sites (N-methyl/N-ethyl adjacent to an activating group) is 1. The smallest absolute Gasteiger partial charge is 0.241 e. The van der Waals surface area contributed by atoms with Gasteiger partial charge in [0.15, 0.2) is 5.96 Å². The number of sulfonamides is 1. The summed E-state index contributed by atoms with van der Waals surface area (Å²) in [5.74, 6) is 1.13. The first-order chi connectivity index (χ1) is 14.2. The Morgan fingerprint density at radius 1 is 1.03 bits per heavy atom. The molecule has 0 unspecified atom stereocenters. The van der Waals surface area contributed by atoms with Crippen molar-refractivity contribution in [3.8, 4) is 5.75 Å². The highest BCUT2D eigenvalue weighted by atomic mass is 127. The van der Waals surface area contributed by atoms with E-state index in [1.54, 1.807) is 33.3 Å². The predicted octanol–water partition coefficient (Wildman–Crippen LogP) is 1.28. The SMILES string of the molecule is COc1ccc(CN=C(NCC(=O)N(C)C)NCc2ccc(S(N)(=O)=O)cc2)cc1.I. The zero-order valence-corrected chi connectivity index (χ0v) is 20.8. The fourth-order valence-corrected chi connectivity index (χ4v) is 2.89. The van der Waals surface area contributed by atoms with Gasteiger partial charge in [0.1, 0.15) is 5.75 Å². The van der Waals surface area contributed by atoms with Gasteiger partial charge in [0.25, 0.3) is 0 Å². The molecule has 2 rings (SSSR count). The van der Waals surface area contributed by atoms with Crippen LogP contribution in [0.2, 0.25) is 0 Å². The molecule has 0 aliphatic carbocycles. The van der Waals surface area contributed by atoms with Gasteiger partial charge < -0.3 is 20.3 Å². The van der Waals surface area contributed by atoms with Crippen molar-refractivity contribution in [1.29, 1.82) is 0 Å². The Labute approximate surface area is 200 Å². The molecule has 0 atom stereocenters. The molecule has 0 saturated carbocycles. The second-order valence-corrected chi connectivity index (χ2v) is 8.26. The van der Waals surface area contributed by atoms with Crippen molar-refractivity contribution in [3.63, 3.8) is 0 Å². The Hall–Kier alpha value is -2.38. The number of nitrogens with two attached hydrogens (primary N) is 1. The van der Waals surface area contributed by atoms with E-state index in [0.29, 0.717) is 19.0 Å². The van der Waals surface area contributed by atoms with Gasteiger partial charge >= 0.3 is 0 Å². The highest BCUT2D eigenvalue weighted by molar-refractivity contribution is 14.0. The van der Waals surface area contributed by atoms with Crippen molar-refractivity contribution in [1.82, 2.24) is 15.5 Å². The Bertz CT molecular complexity index is 978. The maximum Gasteiger partial charge on any atom is 0.241 e. The van der Waals surface area contributed by atoms with Crippen LogP contribution >= 0.6 is 24.0 Å². The van der Waals surface area contributed by atoms with Crippen molar-refractivity contribution in [2.24, 2.45) is 10.1 Å². The first kappa shape index (κ1) is 26.7. The van der Waals surface area contributed by atoms with Gasteiger partial charge in [-0.05, 0) is 35.4 Å². The summed E-state index contributed by atoms with van der Waals surface area (Å²) in [6.07, 6.45) is 0. The summed E-state index contributed by atoms with van der Waals surface area (Å²) in [6.45, 7) is 0.876. The number of carbonyl (C=O) groups excluding carboxylic acids is 1. The van der Waals surface area contributed by atoms with E-state index in [0.717, 1.165) is 16.9 Å². The molecule has 2 aromatic carbocycles. The van der Waals surface area contributed by atoms with Gasteiger partial charge in [0.2, 0.25) is 15.9 Å². The molecular formula is C20H28IN5O4S. The second-order valence-electron chi connectivity index (χ2n) is 6.70. The van der Waals surface area contributed by atoms with E-state index in [4.69, 9.17) is 9.88 Å². The molecule has 0 aromatic heterocycles. The summed E-state index contributed by atoms with van der Waals surface area (Å²) in [5.41, 5.74) is 1.81. The number of methoxy groups -OCH3 is 1. The number of ether oxygens (including phenoxy) is 1. The number of hydrogen-bond donors (Lipinski definition) is 3. The molecule has 0 bridgehead atoms. The average Bonchev–Trinajstić information content (AvgIpc) is 2.72. The van der Waals surface area contributed by atoms with E-state index in [9.17, 15) is 13.2 Å². The lowest BCUT2D eigenvalue weighted by Crippen LogP contribution is -2.42. The van der Waals surface area contributed by atoms with Crippen LogP contribution in [-0.2, 0) is 27.9 Å². The third-order valence-electron chi connectivity index (χ3n) is 4.20. The number of halogens is 1. The molecule has 0 spiro atoms.